The predicted octanol–water partition coefficient (Wildman–Crippen LogP) is 2.48. The van der Waals surface area contributed by atoms with Crippen molar-refractivity contribution < 1.29 is 9.31 Å². The minimum Gasteiger partial charge on any atom is -0.313 e. The Kier molecular flexibility index (Phi) is 4.99. The molecule has 21 heavy (non-hydrogen) atoms. The molecule has 0 radical (unpaired) electrons. The third-order valence-corrected chi connectivity index (χ3v) is 3.00. The van der Waals surface area contributed by atoms with Gasteiger partial charge in [-0.1, -0.05) is 13.0 Å². The molecule has 6 nitrogen and oxygen atoms in total. The number of nitrogens with one attached hydrogen (secondary N) is 1. The van der Waals surface area contributed by atoms with Gasteiger partial charge in [0.1, 0.15) is 0 Å². The van der Waals surface area contributed by atoms with Gasteiger partial charge in [-0.2, -0.15) is 9.49 Å². The first-order valence-corrected chi connectivity index (χ1v) is 6.75. The number of nitro groups is 1. The molecule has 2 rings (SSSR count). The smallest absolute Gasteiger partial charge is 0.304 e. The van der Waals surface area contributed by atoms with Crippen molar-refractivity contribution in [2.24, 2.45) is 0 Å². The standard InChI is InChI=1S/C14H17FN4O2/c1-2-5-16-7-12-8-17-18(10-12)9-11-3-4-14(19(20)21)13(15)6-11/h3-4,6,8,10,16H,2,5,7,9H2,1H3. The van der Waals surface area contributed by atoms with Gasteiger partial charge in [-0.3, -0.25) is 14.8 Å². The van der Waals surface area contributed by atoms with Crippen LogP contribution in [0.3, 0.4) is 0 Å². The van der Waals surface area contributed by atoms with Crippen molar-refractivity contribution in [1.29, 1.82) is 0 Å². The van der Waals surface area contributed by atoms with Crippen LogP contribution in [0.5, 0.6) is 0 Å². The molecule has 0 bridgehead atoms. The summed E-state index contributed by atoms with van der Waals surface area (Å²) in [5, 5.41) is 18.0. The van der Waals surface area contributed by atoms with Gasteiger partial charge >= 0.3 is 5.69 Å². The Morgan fingerprint density at radius 2 is 2.24 bits per heavy atom. The number of halogens is 1. The van der Waals surface area contributed by atoms with Crippen LogP contribution in [-0.2, 0) is 13.1 Å². The number of aromatic nitrogens is 2. The Labute approximate surface area is 121 Å². The van der Waals surface area contributed by atoms with Crippen LogP contribution in [0.15, 0.2) is 30.6 Å². The van der Waals surface area contributed by atoms with E-state index in [0.29, 0.717) is 12.1 Å². The van der Waals surface area contributed by atoms with Crippen LogP contribution in [0, 0.1) is 15.9 Å². The van der Waals surface area contributed by atoms with Crippen LogP contribution in [-0.4, -0.2) is 21.2 Å². The Morgan fingerprint density at radius 1 is 1.43 bits per heavy atom. The molecule has 0 fully saturated rings. The lowest BCUT2D eigenvalue weighted by Gasteiger charge is -2.03. The lowest BCUT2D eigenvalue weighted by atomic mass is 10.2. The van der Waals surface area contributed by atoms with E-state index in [4.69, 9.17) is 0 Å². The van der Waals surface area contributed by atoms with Gasteiger partial charge in [-0.25, -0.2) is 0 Å². The van der Waals surface area contributed by atoms with E-state index < -0.39 is 16.4 Å². The van der Waals surface area contributed by atoms with Gasteiger partial charge in [0.2, 0.25) is 5.82 Å². The number of hydrogen-bond acceptors (Lipinski definition) is 4. The van der Waals surface area contributed by atoms with Gasteiger partial charge < -0.3 is 5.32 Å². The van der Waals surface area contributed by atoms with E-state index in [0.717, 1.165) is 25.1 Å². The highest BCUT2D eigenvalue weighted by Crippen LogP contribution is 2.18. The molecule has 0 amide bonds. The fourth-order valence-corrected chi connectivity index (χ4v) is 1.98. The van der Waals surface area contributed by atoms with Gasteiger partial charge in [0.15, 0.2) is 0 Å². The number of benzene rings is 1. The van der Waals surface area contributed by atoms with Crippen LogP contribution >= 0.6 is 0 Å². The maximum absolute atomic E-state index is 13.5. The molecule has 1 aromatic carbocycles. The fourth-order valence-electron chi connectivity index (χ4n) is 1.98. The molecule has 0 atom stereocenters. The van der Waals surface area contributed by atoms with Crippen molar-refractivity contribution in [3.8, 4) is 0 Å². The summed E-state index contributed by atoms with van der Waals surface area (Å²) < 4.78 is 15.2. The second kappa shape index (κ2) is 6.94. The van der Waals surface area contributed by atoms with Crippen LogP contribution < -0.4 is 5.32 Å². The Morgan fingerprint density at radius 3 is 2.90 bits per heavy atom. The normalized spacial score (nSPS) is 10.8. The monoisotopic (exact) mass is 292 g/mol. The molecule has 0 saturated carbocycles. The molecule has 112 valence electrons. The van der Waals surface area contributed by atoms with Crippen LogP contribution in [0.1, 0.15) is 24.5 Å². The molecule has 2 aromatic rings. The lowest BCUT2D eigenvalue weighted by Crippen LogP contribution is -2.13. The van der Waals surface area contributed by atoms with Crippen molar-refractivity contribution in [3.05, 3.63) is 57.7 Å². The van der Waals surface area contributed by atoms with E-state index in [1.165, 1.54) is 18.2 Å². The van der Waals surface area contributed by atoms with Crippen molar-refractivity contribution in [3.63, 3.8) is 0 Å². The number of nitro benzene ring substituents is 1. The molecule has 0 aliphatic heterocycles. The predicted molar refractivity (Wildman–Crippen MR) is 76.4 cm³/mol. The molecule has 0 aliphatic carbocycles. The van der Waals surface area contributed by atoms with E-state index in [1.54, 1.807) is 10.9 Å². The van der Waals surface area contributed by atoms with Gasteiger partial charge in [0, 0.05) is 24.4 Å². The van der Waals surface area contributed by atoms with Crippen molar-refractivity contribution in [2.45, 2.75) is 26.4 Å². The number of hydrogen-bond donors (Lipinski definition) is 1. The van der Waals surface area contributed by atoms with E-state index in [2.05, 4.69) is 17.3 Å². The molecule has 1 aromatic heterocycles. The highest BCUT2D eigenvalue weighted by atomic mass is 19.1. The third-order valence-electron chi connectivity index (χ3n) is 3.00. The van der Waals surface area contributed by atoms with E-state index in [-0.39, 0.29) is 0 Å². The molecular formula is C14H17FN4O2. The summed E-state index contributed by atoms with van der Waals surface area (Å²) in [5.41, 5.74) is 1.17. The maximum atomic E-state index is 13.5. The zero-order chi connectivity index (χ0) is 15.2. The third kappa shape index (κ3) is 4.09. The highest BCUT2D eigenvalue weighted by molar-refractivity contribution is 5.35. The summed E-state index contributed by atoms with van der Waals surface area (Å²) in [4.78, 5) is 9.83. The van der Waals surface area contributed by atoms with Crippen molar-refractivity contribution in [2.75, 3.05) is 6.54 Å². The fraction of sp³-hybridized carbons (Fsp3) is 0.357. The number of rotatable bonds is 7. The van der Waals surface area contributed by atoms with E-state index in [1.807, 2.05) is 6.20 Å². The molecular weight excluding hydrogens is 275 g/mol. The van der Waals surface area contributed by atoms with E-state index >= 15 is 0 Å². The molecule has 0 unspecified atom stereocenters. The van der Waals surface area contributed by atoms with Crippen LogP contribution in [0.4, 0.5) is 10.1 Å². The molecule has 1 heterocycles. The summed E-state index contributed by atoms with van der Waals surface area (Å²) in [5.74, 6) is -0.825. The van der Waals surface area contributed by atoms with Gasteiger partial charge in [-0.15, -0.1) is 0 Å². The Hall–Kier alpha value is -2.28. The zero-order valence-electron chi connectivity index (χ0n) is 11.8. The van der Waals surface area contributed by atoms with E-state index in [9.17, 15) is 14.5 Å². The van der Waals surface area contributed by atoms with Crippen LogP contribution in [0.2, 0.25) is 0 Å². The SMILES string of the molecule is CCCNCc1cnn(Cc2ccc([N+](=O)[O-])c(F)c2)c1. The van der Waals surface area contributed by atoms with Crippen molar-refractivity contribution >= 4 is 5.69 Å². The zero-order valence-corrected chi connectivity index (χ0v) is 11.8. The first kappa shape index (κ1) is 15.1. The summed E-state index contributed by atoms with van der Waals surface area (Å²) in [6, 6.07) is 3.89. The molecule has 7 heteroatoms. The summed E-state index contributed by atoms with van der Waals surface area (Å²) in [6.07, 6.45) is 4.70. The molecule has 0 spiro atoms. The summed E-state index contributed by atoms with van der Waals surface area (Å²) in [6.45, 7) is 4.16. The topological polar surface area (TPSA) is 73.0 Å². The maximum Gasteiger partial charge on any atom is 0.304 e. The molecule has 1 N–H and O–H groups in total. The minimum absolute atomic E-state index is 0.378. The van der Waals surface area contributed by atoms with Crippen molar-refractivity contribution in [1.82, 2.24) is 15.1 Å². The average Bonchev–Trinajstić information content (AvgIpc) is 2.86. The minimum atomic E-state index is -0.825. The largest absolute Gasteiger partial charge is 0.313 e. The number of nitrogens with zero attached hydrogens (tertiary/aromatic N) is 3. The van der Waals surface area contributed by atoms with Gasteiger partial charge in [-0.05, 0) is 24.6 Å². The lowest BCUT2D eigenvalue weighted by molar-refractivity contribution is -0.387. The highest BCUT2D eigenvalue weighted by Gasteiger charge is 2.13. The summed E-state index contributed by atoms with van der Waals surface area (Å²) in [7, 11) is 0. The van der Waals surface area contributed by atoms with Gasteiger partial charge in [0.25, 0.3) is 0 Å². The quantitative estimate of drug-likeness (QED) is 0.483. The van der Waals surface area contributed by atoms with Crippen LogP contribution in [0.25, 0.3) is 0 Å². The second-order valence-corrected chi connectivity index (χ2v) is 4.77. The first-order valence-electron chi connectivity index (χ1n) is 6.75. The second-order valence-electron chi connectivity index (χ2n) is 4.77. The Balaban J connectivity index is 2.01. The average molecular weight is 292 g/mol. The first-order chi connectivity index (χ1) is 10.1. The van der Waals surface area contributed by atoms with Gasteiger partial charge in [0.05, 0.1) is 17.7 Å². The molecule has 0 aliphatic rings. The Bertz CT molecular complexity index is 627. The summed E-state index contributed by atoms with van der Waals surface area (Å²) >= 11 is 0. The molecule has 0 saturated heterocycles.